The number of ether oxygens (including phenoxy) is 1. The van der Waals surface area contributed by atoms with Gasteiger partial charge in [-0.05, 0) is 32.0 Å². The van der Waals surface area contributed by atoms with Crippen molar-refractivity contribution < 1.29 is 14.3 Å². The molecule has 1 aromatic carbocycles. The highest BCUT2D eigenvalue weighted by molar-refractivity contribution is 5.93. The minimum absolute atomic E-state index is 0.0905. The monoisotopic (exact) mass is 275 g/mol. The second-order valence-electron chi connectivity index (χ2n) is 4.81. The molecule has 0 atom stereocenters. The number of rotatable bonds is 4. The Morgan fingerprint density at radius 1 is 1.40 bits per heavy atom. The van der Waals surface area contributed by atoms with E-state index in [4.69, 9.17) is 0 Å². The van der Waals surface area contributed by atoms with Crippen LogP contribution in [0.4, 0.5) is 0 Å². The van der Waals surface area contributed by atoms with Crippen LogP contribution in [0.15, 0.2) is 18.2 Å². The number of benzene rings is 1. The second kappa shape index (κ2) is 5.73. The van der Waals surface area contributed by atoms with E-state index in [0.29, 0.717) is 22.4 Å². The number of hydrogen-bond donors (Lipinski definition) is 2. The Bertz CT molecular complexity index is 646. The van der Waals surface area contributed by atoms with Crippen molar-refractivity contribution in [3.8, 4) is 0 Å². The average Bonchev–Trinajstić information content (AvgIpc) is 2.77. The summed E-state index contributed by atoms with van der Waals surface area (Å²) in [5.74, 6) is 0.0769. The first-order chi connectivity index (χ1) is 9.49. The van der Waals surface area contributed by atoms with Gasteiger partial charge in [-0.1, -0.05) is 0 Å². The first kappa shape index (κ1) is 14.0. The van der Waals surface area contributed by atoms with E-state index < -0.39 is 5.97 Å². The predicted octanol–water partition coefficient (Wildman–Crippen LogP) is 1.42. The lowest BCUT2D eigenvalue weighted by molar-refractivity contribution is -0.121. The van der Waals surface area contributed by atoms with Gasteiger partial charge in [0.1, 0.15) is 5.82 Å². The van der Waals surface area contributed by atoms with E-state index in [0.717, 1.165) is 0 Å². The van der Waals surface area contributed by atoms with Gasteiger partial charge in [-0.3, -0.25) is 4.79 Å². The molecule has 6 heteroatoms. The van der Waals surface area contributed by atoms with Crippen LogP contribution in [0.5, 0.6) is 0 Å². The van der Waals surface area contributed by atoms with Crippen LogP contribution >= 0.6 is 0 Å². The number of imidazole rings is 1. The van der Waals surface area contributed by atoms with Crippen molar-refractivity contribution in [3.05, 3.63) is 29.6 Å². The first-order valence-electron chi connectivity index (χ1n) is 6.36. The van der Waals surface area contributed by atoms with Crippen LogP contribution < -0.4 is 5.32 Å². The fourth-order valence-electron chi connectivity index (χ4n) is 1.92. The minimum Gasteiger partial charge on any atom is -0.465 e. The van der Waals surface area contributed by atoms with E-state index in [2.05, 4.69) is 20.0 Å². The lowest BCUT2D eigenvalue weighted by atomic mass is 10.2. The van der Waals surface area contributed by atoms with E-state index in [1.165, 1.54) is 7.11 Å². The number of fused-ring (bicyclic) bond motifs is 1. The van der Waals surface area contributed by atoms with E-state index in [1.807, 2.05) is 13.8 Å². The van der Waals surface area contributed by atoms with Crippen LogP contribution in [0, 0.1) is 0 Å². The van der Waals surface area contributed by atoms with Crippen molar-refractivity contribution in [3.63, 3.8) is 0 Å². The molecule has 2 rings (SSSR count). The van der Waals surface area contributed by atoms with E-state index in [9.17, 15) is 9.59 Å². The molecule has 1 amide bonds. The average molecular weight is 275 g/mol. The van der Waals surface area contributed by atoms with E-state index >= 15 is 0 Å². The van der Waals surface area contributed by atoms with E-state index in [-0.39, 0.29) is 18.4 Å². The number of esters is 1. The fraction of sp³-hybridized carbons (Fsp3) is 0.357. The number of nitrogens with one attached hydrogen (secondary N) is 2. The van der Waals surface area contributed by atoms with Gasteiger partial charge in [0.15, 0.2) is 0 Å². The molecule has 0 aliphatic heterocycles. The Morgan fingerprint density at radius 2 is 2.15 bits per heavy atom. The highest BCUT2D eigenvalue weighted by Crippen LogP contribution is 2.14. The largest absolute Gasteiger partial charge is 0.465 e. The Hall–Kier alpha value is -2.37. The molecular weight excluding hydrogens is 258 g/mol. The second-order valence-corrected chi connectivity index (χ2v) is 4.81. The molecule has 0 bridgehead atoms. The van der Waals surface area contributed by atoms with Crippen molar-refractivity contribution in [1.82, 2.24) is 15.3 Å². The molecule has 0 aliphatic rings. The summed E-state index contributed by atoms with van der Waals surface area (Å²) in [6, 6.07) is 5.13. The molecule has 2 N–H and O–H groups in total. The Morgan fingerprint density at radius 3 is 2.80 bits per heavy atom. The van der Waals surface area contributed by atoms with Crippen LogP contribution in [0.1, 0.15) is 30.0 Å². The number of carbonyl (C=O) groups excluding carboxylic acids is 2. The van der Waals surface area contributed by atoms with Crippen molar-refractivity contribution >= 4 is 22.9 Å². The van der Waals surface area contributed by atoms with E-state index in [1.54, 1.807) is 18.2 Å². The maximum absolute atomic E-state index is 11.7. The Labute approximate surface area is 116 Å². The maximum atomic E-state index is 11.7. The molecule has 20 heavy (non-hydrogen) atoms. The van der Waals surface area contributed by atoms with Crippen LogP contribution in [-0.2, 0) is 16.0 Å². The summed E-state index contributed by atoms with van der Waals surface area (Å²) in [5.41, 5.74) is 1.87. The molecule has 0 saturated carbocycles. The Balaban J connectivity index is 2.21. The normalized spacial score (nSPS) is 10.8. The maximum Gasteiger partial charge on any atom is 0.337 e. The molecule has 0 spiro atoms. The highest BCUT2D eigenvalue weighted by Gasteiger charge is 2.11. The van der Waals surface area contributed by atoms with Gasteiger partial charge in [0.05, 0.1) is 30.1 Å². The minimum atomic E-state index is -0.402. The summed E-state index contributed by atoms with van der Waals surface area (Å²) in [5, 5.41) is 2.80. The summed E-state index contributed by atoms with van der Waals surface area (Å²) in [7, 11) is 1.33. The zero-order valence-electron chi connectivity index (χ0n) is 11.7. The van der Waals surface area contributed by atoms with Crippen molar-refractivity contribution in [1.29, 1.82) is 0 Å². The SMILES string of the molecule is COC(=O)c1ccc2nc(CC(=O)NC(C)C)[nH]c2c1. The topological polar surface area (TPSA) is 84.1 Å². The summed E-state index contributed by atoms with van der Waals surface area (Å²) < 4.78 is 4.66. The van der Waals surface area contributed by atoms with Crippen LogP contribution in [0.25, 0.3) is 11.0 Å². The summed E-state index contributed by atoms with van der Waals surface area (Å²) in [4.78, 5) is 30.5. The van der Waals surface area contributed by atoms with Crippen LogP contribution in [-0.4, -0.2) is 35.0 Å². The van der Waals surface area contributed by atoms with Crippen molar-refractivity contribution in [2.75, 3.05) is 7.11 Å². The molecule has 0 fully saturated rings. The summed E-state index contributed by atoms with van der Waals surface area (Å²) in [6.07, 6.45) is 0.181. The zero-order chi connectivity index (χ0) is 14.7. The molecule has 0 unspecified atom stereocenters. The van der Waals surface area contributed by atoms with Gasteiger partial charge >= 0.3 is 5.97 Å². The number of amides is 1. The third-order valence-electron chi connectivity index (χ3n) is 2.73. The highest BCUT2D eigenvalue weighted by atomic mass is 16.5. The molecule has 0 radical (unpaired) electrons. The van der Waals surface area contributed by atoms with Gasteiger partial charge in [-0.2, -0.15) is 0 Å². The Kier molecular flexibility index (Phi) is 4.02. The number of aromatic amines is 1. The van der Waals surface area contributed by atoms with Crippen molar-refractivity contribution in [2.45, 2.75) is 26.3 Å². The number of carbonyl (C=O) groups is 2. The van der Waals surface area contributed by atoms with Gasteiger partial charge in [0, 0.05) is 6.04 Å². The van der Waals surface area contributed by atoms with Gasteiger partial charge < -0.3 is 15.0 Å². The third-order valence-corrected chi connectivity index (χ3v) is 2.73. The molecule has 1 aromatic heterocycles. The molecule has 6 nitrogen and oxygen atoms in total. The first-order valence-corrected chi connectivity index (χ1v) is 6.36. The summed E-state index contributed by atoms with van der Waals surface area (Å²) >= 11 is 0. The molecular formula is C14H17N3O3. The molecule has 106 valence electrons. The number of hydrogen-bond acceptors (Lipinski definition) is 4. The standard InChI is InChI=1S/C14H17N3O3/c1-8(2)15-13(18)7-12-16-10-5-4-9(14(19)20-3)6-11(10)17-12/h4-6,8H,7H2,1-3H3,(H,15,18)(H,16,17). The molecule has 0 aliphatic carbocycles. The quantitative estimate of drug-likeness (QED) is 0.826. The smallest absolute Gasteiger partial charge is 0.337 e. The van der Waals surface area contributed by atoms with Gasteiger partial charge in [-0.15, -0.1) is 0 Å². The number of methoxy groups -OCH3 is 1. The number of nitrogens with zero attached hydrogens (tertiary/aromatic N) is 1. The zero-order valence-corrected chi connectivity index (χ0v) is 11.7. The fourth-order valence-corrected chi connectivity index (χ4v) is 1.92. The predicted molar refractivity (Wildman–Crippen MR) is 74.4 cm³/mol. The van der Waals surface area contributed by atoms with Gasteiger partial charge in [0.25, 0.3) is 0 Å². The molecule has 2 aromatic rings. The number of aromatic nitrogens is 2. The molecule has 1 heterocycles. The lowest BCUT2D eigenvalue weighted by Crippen LogP contribution is -2.31. The van der Waals surface area contributed by atoms with Crippen LogP contribution in [0.2, 0.25) is 0 Å². The third kappa shape index (κ3) is 3.14. The molecule has 0 saturated heterocycles. The van der Waals surface area contributed by atoms with Crippen LogP contribution in [0.3, 0.4) is 0 Å². The van der Waals surface area contributed by atoms with Gasteiger partial charge in [-0.25, -0.2) is 9.78 Å². The summed E-state index contributed by atoms with van der Waals surface area (Å²) in [6.45, 7) is 3.80. The number of H-pyrrole nitrogens is 1. The van der Waals surface area contributed by atoms with Crippen molar-refractivity contribution in [2.24, 2.45) is 0 Å². The van der Waals surface area contributed by atoms with Gasteiger partial charge in [0.2, 0.25) is 5.91 Å². The lowest BCUT2D eigenvalue weighted by Gasteiger charge is -2.06.